The molecule has 0 radical (unpaired) electrons. The third-order valence-corrected chi connectivity index (χ3v) is 7.59. The van der Waals surface area contributed by atoms with Crippen LogP contribution in [0.15, 0.2) is 72.8 Å². The smallest absolute Gasteiger partial charge is 0.261 e. The van der Waals surface area contributed by atoms with E-state index in [-0.39, 0.29) is 31.0 Å². The number of ether oxygens (including phenoxy) is 2. The van der Waals surface area contributed by atoms with Crippen LogP contribution in [0.1, 0.15) is 43.2 Å². The Hall–Kier alpha value is -3.22. The maximum atomic E-state index is 13.8. The summed E-state index contributed by atoms with van der Waals surface area (Å²) in [5.41, 5.74) is 1.64. The molecule has 8 heteroatoms. The van der Waals surface area contributed by atoms with E-state index in [1.807, 2.05) is 42.5 Å². The molecule has 3 aromatic rings. The van der Waals surface area contributed by atoms with E-state index < -0.39 is 6.04 Å². The fourth-order valence-electron chi connectivity index (χ4n) is 4.89. The Kier molecular flexibility index (Phi) is 10.5. The van der Waals surface area contributed by atoms with E-state index >= 15 is 0 Å². The second kappa shape index (κ2) is 14.2. The van der Waals surface area contributed by atoms with Crippen LogP contribution in [0, 0.1) is 0 Å². The molecule has 1 fully saturated rings. The van der Waals surface area contributed by atoms with Gasteiger partial charge in [0.25, 0.3) is 5.91 Å². The fourth-order valence-corrected chi connectivity index (χ4v) is 5.36. The van der Waals surface area contributed by atoms with Crippen molar-refractivity contribution >= 4 is 35.0 Å². The van der Waals surface area contributed by atoms with Crippen LogP contribution in [-0.2, 0) is 22.6 Å². The summed E-state index contributed by atoms with van der Waals surface area (Å²) in [7, 11) is 1.55. The van der Waals surface area contributed by atoms with Gasteiger partial charge in [-0.1, -0.05) is 91.0 Å². The largest absolute Gasteiger partial charge is 0.493 e. The quantitative estimate of drug-likeness (QED) is 0.288. The monoisotopic (exact) mass is 568 g/mol. The van der Waals surface area contributed by atoms with Crippen LogP contribution in [0.4, 0.5) is 0 Å². The van der Waals surface area contributed by atoms with E-state index in [0.717, 1.165) is 31.2 Å². The molecular weight excluding hydrogens is 535 g/mol. The lowest BCUT2D eigenvalue weighted by Crippen LogP contribution is -2.53. The molecule has 1 aliphatic carbocycles. The number of benzene rings is 3. The number of carbonyl (C=O) groups is 2. The van der Waals surface area contributed by atoms with E-state index in [1.165, 1.54) is 6.42 Å². The van der Waals surface area contributed by atoms with Crippen molar-refractivity contribution in [2.24, 2.45) is 0 Å². The SMILES string of the molecule is COc1ccccc1OCC(=O)N(Cc1ccc(Cl)cc1Cl)[C@@H](Cc1ccccc1)C(=O)NC1CCCCC1. The van der Waals surface area contributed by atoms with Gasteiger partial charge in [0.2, 0.25) is 5.91 Å². The van der Waals surface area contributed by atoms with Crippen molar-refractivity contribution < 1.29 is 19.1 Å². The number of rotatable bonds is 11. The molecule has 3 aromatic carbocycles. The van der Waals surface area contributed by atoms with Crippen LogP contribution in [0.5, 0.6) is 11.5 Å². The molecule has 39 heavy (non-hydrogen) atoms. The number of hydrogen-bond donors (Lipinski definition) is 1. The summed E-state index contributed by atoms with van der Waals surface area (Å²) < 4.78 is 11.3. The number of carbonyl (C=O) groups excluding carboxylic acids is 2. The summed E-state index contributed by atoms with van der Waals surface area (Å²) in [4.78, 5) is 29.2. The molecule has 0 bridgehead atoms. The predicted molar refractivity (Wildman–Crippen MR) is 154 cm³/mol. The molecule has 6 nitrogen and oxygen atoms in total. The normalized spacial score (nSPS) is 14.3. The summed E-state index contributed by atoms with van der Waals surface area (Å²) in [6.07, 6.45) is 5.59. The van der Waals surface area contributed by atoms with Crippen LogP contribution in [-0.4, -0.2) is 42.5 Å². The molecule has 206 valence electrons. The topological polar surface area (TPSA) is 67.9 Å². The van der Waals surface area contributed by atoms with Crippen molar-refractivity contribution in [2.75, 3.05) is 13.7 Å². The maximum Gasteiger partial charge on any atom is 0.261 e. The predicted octanol–water partition coefficient (Wildman–Crippen LogP) is 6.47. The van der Waals surface area contributed by atoms with Gasteiger partial charge in [0.15, 0.2) is 18.1 Å². The van der Waals surface area contributed by atoms with Gasteiger partial charge in [0.05, 0.1) is 7.11 Å². The first-order valence-electron chi connectivity index (χ1n) is 13.3. The first kappa shape index (κ1) is 28.8. The molecular formula is C31H34Cl2N2O4. The van der Waals surface area contributed by atoms with Crippen molar-refractivity contribution in [1.82, 2.24) is 10.2 Å². The molecule has 1 aliphatic rings. The molecule has 4 rings (SSSR count). The number of nitrogens with zero attached hydrogens (tertiary/aromatic N) is 1. The van der Waals surface area contributed by atoms with Crippen molar-refractivity contribution in [1.29, 1.82) is 0 Å². The van der Waals surface area contributed by atoms with E-state index in [9.17, 15) is 9.59 Å². The number of amides is 2. The van der Waals surface area contributed by atoms with E-state index in [0.29, 0.717) is 33.5 Å². The van der Waals surface area contributed by atoms with Crippen LogP contribution in [0.25, 0.3) is 0 Å². The van der Waals surface area contributed by atoms with Gasteiger partial charge in [0, 0.05) is 29.1 Å². The second-order valence-electron chi connectivity index (χ2n) is 9.75. The number of halogens is 2. The molecule has 2 amide bonds. The molecule has 0 aliphatic heterocycles. The number of para-hydroxylation sites is 2. The zero-order valence-electron chi connectivity index (χ0n) is 22.1. The Bertz CT molecular complexity index is 1250. The van der Waals surface area contributed by atoms with Crippen molar-refractivity contribution in [3.8, 4) is 11.5 Å². The lowest BCUT2D eigenvalue weighted by molar-refractivity contribution is -0.143. The van der Waals surface area contributed by atoms with Crippen LogP contribution in [0.2, 0.25) is 10.0 Å². The first-order valence-corrected chi connectivity index (χ1v) is 14.0. The Balaban J connectivity index is 1.64. The minimum atomic E-state index is -0.769. The molecule has 1 N–H and O–H groups in total. The maximum absolute atomic E-state index is 13.8. The van der Waals surface area contributed by atoms with Gasteiger partial charge in [-0.25, -0.2) is 0 Å². The molecule has 0 spiro atoms. The van der Waals surface area contributed by atoms with Gasteiger partial charge >= 0.3 is 0 Å². The zero-order valence-corrected chi connectivity index (χ0v) is 23.6. The third-order valence-electron chi connectivity index (χ3n) is 7.00. The first-order chi connectivity index (χ1) is 18.9. The summed E-state index contributed by atoms with van der Waals surface area (Å²) >= 11 is 12.7. The lowest BCUT2D eigenvalue weighted by atomic mass is 9.94. The Labute approximate surface area is 240 Å². The standard InChI is InChI=1S/C31H34Cl2N2O4/c1-38-28-14-8-9-15-29(28)39-21-30(36)35(20-23-16-17-24(32)19-26(23)33)27(18-22-10-4-2-5-11-22)31(37)34-25-12-6-3-7-13-25/h2,4-5,8-11,14-17,19,25,27H,3,6-7,12-13,18,20-21H2,1H3,(H,34,37)/t27-/m0/s1. The van der Waals surface area contributed by atoms with Gasteiger partial charge in [-0.3, -0.25) is 9.59 Å². The number of nitrogens with one attached hydrogen (secondary N) is 1. The van der Waals surface area contributed by atoms with Gasteiger partial charge < -0.3 is 19.7 Å². The summed E-state index contributed by atoms with van der Waals surface area (Å²) in [6.45, 7) is -0.146. The minimum Gasteiger partial charge on any atom is -0.493 e. The van der Waals surface area contributed by atoms with Crippen molar-refractivity contribution in [3.63, 3.8) is 0 Å². The highest BCUT2D eigenvalue weighted by Gasteiger charge is 2.32. The van der Waals surface area contributed by atoms with Crippen LogP contribution >= 0.6 is 23.2 Å². The second-order valence-corrected chi connectivity index (χ2v) is 10.6. The van der Waals surface area contributed by atoms with Crippen LogP contribution < -0.4 is 14.8 Å². The summed E-state index contributed by atoms with van der Waals surface area (Å²) in [5, 5.41) is 4.15. The molecule has 0 saturated heterocycles. The molecule has 1 saturated carbocycles. The average Bonchev–Trinajstić information content (AvgIpc) is 2.95. The molecule has 0 unspecified atom stereocenters. The van der Waals surface area contributed by atoms with Gasteiger partial charge in [-0.15, -0.1) is 0 Å². The van der Waals surface area contributed by atoms with Gasteiger partial charge in [-0.05, 0) is 48.2 Å². The van der Waals surface area contributed by atoms with Gasteiger partial charge in [-0.2, -0.15) is 0 Å². The highest BCUT2D eigenvalue weighted by molar-refractivity contribution is 6.35. The highest BCUT2D eigenvalue weighted by atomic mass is 35.5. The molecule has 1 atom stereocenters. The summed E-state index contributed by atoms with van der Waals surface area (Å²) in [6, 6.07) is 21.3. The third kappa shape index (κ3) is 8.13. The minimum absolute atomic E-state index is 0.102. The Morgan fingerprint density at radius 3 is 2.33 bits per heavy atom. The number of methoxy groups -OCH3 is 1. The Morgan fingerprint density at radius 1 is 0.949 bits per heavy atom. The van der Waals surface area contributed by atoms with E-state index in [2.05, 4.69) is 5.32 Å². The number of hydrogen-bond acceptors (Lipinski definition) is 4. The van der Waals surface area contributed by atoms with E-state index in [1.54, 1.807) is 42.3 Å². The van der Waals surface area contributed by atoms with Crippen molar-refractivity contribution in [2.45, 2.75) is 57.2 Å². The Morgan fingerprint density at radius 2 is 1.64 bits per heavy atom. The molecule has 0 heterocycles. The average molecular weight is 570 g/mol. The highest BCUT2D eigenvalue weighted by Crippen LogP contribution is 2.27. The van der Waals surface area contributed by atoms with E-state index in [4.69, 9.17) is 32.7 Å². The van der Waals surface area contributed by atoms with Crippen LogP contribution in [0.3, 0.4) is 0 Å². The molecule has 0 aromatic heterocycles. The summed E-state index contributed by atoms with van der Waals surface area (Å²) in [5.74, 6) is 0.450. The zero-order chi connectivity index (χ0) is 27.6. The lowest BCUT2D eigenvalue weighted by Gasteiger charge is -2.33. The fraction of sp³-hybridized carbons (Fsp3) is 0.355. The van der Waals surface area contributed by atoms with Gasteiger partial charge in [0.1, 0.15) is 6.04 Å². The van der Waals surface area contributed by atoms with Crippen molar-refractivity contribution in [3.05, 3.63) is 94.0 Å².